The summed E-state index contributed by atoms with van der Waals surface area (Å²) < 4.78 is 7.27. The van der Waals surface area contributed by atoms with Gasteiger partial charge in [0.15, 0.2) is 11.0 Å². The van der Waals surface area contributed by atoms with E-state index in [1.807, 2.05) is 47.2 Å². The summed E-state index contributed by atoms with van der Waals surface area (Å²) >= 11 is 4.30. The summed E-state index contributed by atoms with van der Waals surface area (Å²) in [6.07, 6.45) is 0. The number of nitrogens with zero attached hydrogens (tertiary/aromatic N) is 3. The van der Waals surface area contributed by atoms with E-state index in [1.165, 1.54) is 28.0 Å². The Morgan fingerprint density at radius 2 is 1.88 bits per heavy atom. The molecule has 0 radical (unpaired) electrons. The quantitative estimate of drug-likeness (QED) is 0.220. The number of ether oxygens (including phenoxy) is 1. The lowest BCUT2D eigenvalue weighted by atomic mass is 10.0. The SMILES string of the molecule is CCOC(=O)c1c(-c2ccccc2)csc1NC(=O)CSc1nnc(-c2csc(C)c2)n1CC. The number of aromatic nitrogens is 3. The number of nitrogens with one attached hydrogen (secondary N) is 1. The van der Waals surface area contributed by atoms with E-state index < -0.39 is 5.97 Å². The van der Waals surface area contributed by atoms with E-state index >= 15 is 0 Å². The first-order chi connectivity index (χ1) is 16.5. The summed E-state index contributed by atoms with van der Waals surface area (Å²) in [6, 6.07) is 11.7. The van der Waals surface area contributed by atoms with E-state index in [2.05, 4.69) is 33.9 Å². The third-order valence-corrected chi connectivity index (χ3v) is 7.69. The average molecular weight is 513 g/mol. The van der Waals surface area contributed by atoms with Crippen molar-refractivity contribution >= 4 is 51.3 Å². The molecule has 0 saturated carbocycles. The molecule has 176 valence electrons. The molecule has 1 N–H and O–H groups in total. The Morgan fingerprint density at radius 1 is 1.09 bits per heavy atom. The molecule has 0 aliphatic heterocycles. The van der Waals surface area contributed by atoms with Crippen molar-refractivity contribution in [1.82, 2.24) is 14.8 Å². The second-order valence-electron chi connectivity index (χ2n) is 7.27. The molecule has 7 nitrogen and oxygen atoms in total. The van der Waals surface area contributed by atoms with E-state index in [-0.39, 0.29) is 18.3 Å². The Bertz CT molecular complexity index is 1290. The molecule has 1 amide bonds. The van der Waals surface area contributed by atoms with E-state index in [1.54, 1.807) is 18.3 Å². The molecular formula is C24H24N4O3S3. The lowest BCUT2D eigenvalue weighted by Gasteiger charge is -2.09. The van der Waals surface area contributed by atoms with Crippen LogP contribution >= 0.6 is 34.4 Å². The zero-order valence-electron chi connectivity index (χ0n) is 19.0. The first-order valence-electron chi connectivity index (χ1n) is 10.8. The molecule has 0 unspecified atom stereocenters. The summed E-state index contributed by atoms with van der Waals surface area (Å²) in [7, 11) is 0. The molecule has 34 heavy (non-hydrogen) atoms. The van der Waals surface area contributed by atoms with Crippen molar-refractivity contribution < 1.29 is 14.3 Å². The van der Waals surface area contributed by atoms with Crippen LogP contribution in [0.15, 0.2) is 52.3 Å². The smallest absolute Gasteiger partial charge is 0.341 e. The standard InChI is InChI=1S/C24H24N4O3S3/c1-4-28-21(17-11-15(3)32-12-17)26-27-24(28)34-14-19(29)25-22-20(23(30)31-5-2)18(13-33-22)16-9-7-6-8-10-16/h6-13H,4-5,14H2,1-3H3,(H,25,29). The number of esters is 1. The highest BCUT2D eigenvalue weighted by Crippen LogP contribution is 2.36. The van der Waals surface area contributed by atoms with Gasteiger partial charge in [-0.3, -0.25) is 4.79 Å². The Morgan fingerprint density at radius 3 is 2.56 bits per heavy atom. The molecule has 4 aromatic rings. The lowest BCUT2D eigenvalue weighted by molar-refractivity contribution is -0.113. The second kappa shape index (κ2) is 11.0. The van der Waals surface area contributed by atoms with E-state index in [0.717, 1.165) is 22.5 Å². The topological polar surface area (TPSA) is 86.1 Å². The third kappa shape index (κ3) is 5.24. The van der Waals surface area contributed by atoms with Crippen molar-refractivity contribution in [3.05, 3.63) is 57.6 Å². The maximum Gasteiger partial charge on any atom is 0.341 e. The van der Waals surface area contributed by atoms with Crippen molar-refractivity contribution in [2.45, 2.75) is 32.5 Å². The summed E-state index contributed by atoms with van der Waals surface area (Å²) in [5.41, 5.74) is 3.04. The van der Waals surface area contributed by atoms with Crippen LogP contribution in [-0.4, -0.2) is 39.0 Å². The first-order valence-corrected chi connectivity index (χ1v) is 13.5. The zero-order valence-corrected chi connectivity index (χ0v) is 21.5. The van der Waals surface area contributed by atoms with Crippen LogP contribution in [0.5, 0.6) is 0 Å². The molecule has 0 spiro atoms. The fourth-order valence-electron chi connectivity index (χ4n) is 3.43. The molecule has 10 heteroatoms. The maximum absolute atomic E-state index is 12.8. The summed E-state index contributed by atoms with van der Waals surface area (Å²) in [5, 5.41) is 16.6. The predicted octanol–water partition coefficient (Wildman–Crippen LogP) is 5.97. The van der Waals surface area contributed by atoms with Gasteiger partial charge in [-0.1, -0.05) is 42.1 Å². The van der Waals surface area contributed by atoms with Gasteiger partial charge >= 0.3 is 5.97 Å². The van der Waals surface area contributed by atoms with Crippen molar-refractivity contribution in [2.75, 3.05) is 17.7 Å². The van der Waals surface area contributed by atoms with Gasteiger partial charge in [0.25, 0.3) is 0 Å². The minimum atomic E-state index is -0.452. The second-order valence-corrected chi connectivity index (χ2v) is 10.2. The predicted molar refractivity (Wildman–Crippen MR) is 139 cm³/mol. The van der Waals surface area contributed by atoms with Crippen LogP contribution in [0.3, 0.4) is 0 Å². The fraction of sp³-hybridized carbons (Fsp3) is 0.250. The molecule has 4 rings (SSSR count). The van der Waals surface area contributed by atoms with Gasteiger partial charge in [-0.15, -0.1) is 32.9 Å². The Kier molecular flexibility index (Phi) is 7.81. The van der Waals surface area contributed by atoms with E-state index in [4.69, 9.17) is 4.74 Å². The number of thioether (sulfide) groups is 1. The number of carbonyl (C=O) groups excluding carboxylic acids is 2. The number of amides is 1. The van der Waals surface area contributed by atoms with Crippen molar-refractivity contribution in [3.8, 4) is 22.5 Å². The van der Waals surface area contributed by atoms with Crippen LogP contribution < -0.4 is 5.32 Å². The van der Waals surface area contributed by atoms with E-state index in [0.29, 0.717) is 22.3 Å². The molecular weight excluding hydrogens is 488 g/mol. The minimum Gasteiger partial charge on any atom is -0.462 e. The lowest BCUT2D eigenvalue weighted by Crippen LogP contribution is -2.16. The molecule has 1 aromatic carbocycles. The number of hydrogen-bond acceptors (Lipinski definition) is 8. The van der Waals surface area contributed by atoms with Gasteiger partial charge in [0.05, 0.1) is 12.4 Å². The molecule has 3 heterocycles. The number of anilines is 1. The first kappa shape index (κ1) is 24.2. The van der Waals surface area contributed by atoms with Crippen molar-refractivity contribution in [1.29, 1.82) is 0 Å². The van der Waals surface area contributed by atoms with Crippen LogP contribution in [0.2, 0.25) is 0 Å². The molecule has 0 fully saturated rings. The van der Waals surface area contributed by atoms with Crippen LogP contribution in [0.4, 0.5) is 5.00 Å². The van der Waals surface area contributed by atoms with Crippen LogP contribution in [-0.2, 0) is 16.1 Å². The number of hydrogen-bond donors (Lipinski definition) is 1. The van der Waals surface area contributed by atoms with Crippen LogP contribution in [0, 0.1) is 6.92 Å². The largest absolute Gasteiger partial charge is 0.462 e. The normalized spacial score (nSPS) is 10.9. The highest BCUT2D eigenvalue weighted by Gasteiger charge is 2.23. The highest BCUT2D eigenvalue weighted by atomic mass is 32.2. The average Bonchev–Trinajstić information content (AvgIpc) is 3.56. The van der Waals surface area contributed by atoms with Gasteiger partial charge in [-0.2, -0.15) is 0 Å². The number of aryl methyl sites for hydroxylation is 1. The van der Waals surface area contributed by atoms with Gasteiger partial charge in [0, 0.05) is 33.3 Å². The number of carbonyl (C=O) groups is 2. The zero-order chi connectivity index (χ0) is 24.1. The molecule has 0 aliphatic rings. The monoisotopic (exact) mass is 512 g/mol. The van der Waals surface area contributed by atoms with Crippen molar-refractivity contribution in [3.63, 3.8) is 0 Å². The Balaban J connectivity index is 1.50. The highest BCUT2D eigenvalue weighted by molar-refractivity contribution is 7.99. The van der Waals surface area contributed by atoms with Gasteiger partial charge in [-0.05, 0) is 32.4 Å². The van der Waals surface area contributed by atoms with Gasteiger partial charge in [0.2, 0.25) is 5.91 Å². The fourth-order valence-corrected chi connectivity index (χ4v) is 5.89. The summed E-state index contributed by atoms with van der Waals surface area (Å²) in [6.45, 7) is 6.79. The molecule has 0 atom stereocenters. The molecule has 0 saturated heterocycles. The van der Waals surface area contributed by atoms with Gasteiger partial charge in [0.1, 0.15) is 10.6 Å². The van der Waals surface area contributed by atoms with Crippen LogP contribution in [0.1, 0.15) is 29.1 Å². The number of rotatable bonds is 9. The number of benzene rings is 1. The maximum atomic E-state index is 12.8. The summed E-state index contributed by atoms with van der Waals surface area (Å²) in [5.74, 6) is 0.259. The van der Waals surface area contributed by atoms with E-state index in [9.17, 15) is 9.59 Å². The van der Waals surface area contributed by atoms with Gasteiger partial charge < -0.3 is 14.6 Å². The Labute approximate surface area is 210 Å². The molecule has 3 aromatic heterocycles. The summed E-state index contributed by atoms with van der Waals surface area (Å²) in [4.78, 5) is 26.7. The van der Waals surface area contributed by atoms with Crippen LogP contribution in [0.25, 0.3) is 22.5 Å². The molecule has 0 aliphatic carbocycles. The van der Waals surface area contributed by atoms with Crippen molar-refractivity contribution in [2.24, 2.45) is 0 Å². The van der Waals surface area contributed by atoms with Gasteiger partial charge in [-0.25, -0.2) is 4.79 Å². The number of thiophene rings is 2. The molecule has 0 bridgehead atoms. The minimum absolute atomic E-state index is 0.141. The third-order valence-electron chi connectivity index (χ3n) is 4.96. The Hall–Kier alpha value is -2.95.